The molecule has 0 radical (unpaired) electrons. The van der Waals surface area contributed by atoms with Crippen molar-refractivity contribution >= 4 is 38.8 Å². The lowest BCUT2D eigenvalue weighted by Crippen LogP contribution is -2.31. The number of aromatic nitrogens is 4. The average molecular weight is 376 g/mol. The summed E-state index contributed by atoms with van der Waals surface area (Å²) in [6, 6.07) is 2.22. The second-order valence-corrected chi connectivity index (χ2v) is 8.66. The largest absolute Gasteiger partial charge is 0.302 e. The number of imidazole rings is 1. The summed E-state index contributed by atoms with van der Waals surface area (Å²) in [5.41, 5.74) is 9.87. The maximum absolute atomic E-state index is 4.90. The van der Waals surface area contributed by atoms with Crippen LogP contribution in [0.1, 0.15) is 42.3 Å². The molecule has 27 heavy (non-hydrogen) atoms. The number of hydrogen-bond donors (Lipinski definition) is 0. The zero-order valence-corrected chi connectivity index (χ0v) is 17.2. The maximum atomic E-state index is 4.90. The lowest BCUT2D eigenvalue weighted by molar-refractivity contribution is -0.662. The van der Waals surface area contributed by atoms with Crippen molar-refractivity contribution in [3.8, 4) is 11.3 Å². The van der Waals surface area contributed by atoms with Gasteiger partial charge in [-0.3, -0.25) is 0 Å². The minimum Gasteiger partial charge on any atom is -0.302 e. The first-order valence-corrected chi connectivity index (χ1v) is 10.3. The van der Waals surface area contributed by atoms with E-state index in [1.165, 1.54) is 38.2 Å². The van der Waals surface area contributed by atoms with Gasteiger partial charge in [-0.2, -0.15) is 0 Å². The fraction of sp³-hybridized carbons (Fsp3) is 0.318. The summed E-state index contributed by atoms with van der Waals surface area (Å²) in [7, 11) is 2.10. The van der Waals surface area contributed by atoms with Crippen molar-refractivity contribution in [1.29, 1.82) is 0 Å². The van der Waals surface area contributed by atoms with Crippen LogP contribution in [0.3, 0.4) is 0 Å². The number of fused-ring (bicyclic) bond motifs is 4. The maximum Gasteiger partial charge on any atom is 0.287 e. The van der Waals surface area contributed by atoms with Gasteiger partial charge in [0, 0.05) is 18.2 Å². The topological polar surface area (TPSA) is 34.6 Å². The summed E-state index contributed by atoms with van der Waals surface area (Å²) in [5.74, 6) is 1.59. The molecular formula is C22H23N4S+. The Labute approximate surface area is 162 Å². The van der Waals surface area contributed by atoms with Gasteiger partial charge in [0.05, 0.1) is 23.6 Å². The molecule has 0 N–H and O–H groups in total. The fourth-order valence-corrected chi connectivity index (χ4v) is 5.39. The highest BCUT2D eigenvalue weighted by molar-refractivity contribution is 7.17. The molecule has 0 aliphatic carbocycles. The first-order valence-electron chi connectivity index (χ1n) is 9.41. The van der Waals surface area contributed by atoms with Crippen molar-refractivity contribution in [1.82, 2.24) is 14.5 Å². The molecule has 0 atom stereocenters. The van der Waals surface area contributed by atoms with Gasteiger partial charge in [0.1, 0.15) is 10.5 Å². The Morgan fingerprint density at radius 1 is 1.26 bits per heavy atom. The molecule has 1 aromatic carbocycles. The molecule has 4 nitrogen and oxygen atoms in total. The van der Waals surface area contributed by atoms with Gasteiger partial charge < -0.3 is 4.57 Å². The first-order chi connectivity index (χ1) is 13.0. The van der Waals surface area contributed by atoms with Gasteiger partial charge in [0.15, 0.2) is 5.69 Å². The molecule has 0 bridgehead atoms. The van der Waals surface area contributed by atoms with Gasteiger partial charge in [0.25, 0.3) is 6.33 Å². The summed E-state index contributed by atoms with van der Waals surface area (Å²) < 4.78 is 5.69. The molecule has 0 amide bonds. The molecule has 136 valence electrons. The van der Waals surface area contributed by atoms with Crippen LogP contribution in [0.5, 0.6) is 0 Å². The summed E-state index contributed by atoms with van der Waals surface area (Å²) in [6.07, 6.45) is 7.21. The van der Waals surface area contributed by atoms with E-state index in [4.69, 9.17) is 9.97 Å². The monoisotopic (exact) mass is 375 g/mol. The Balaban J connectivity index is 1.96. The van der Waals surface area contributed by atoms with E-state index in [-0.39, 0.29) is 0 Å². The molecule has 4 heterocycles. The van der Waals surface area contributed by atoms with Crippen molar-refractivity contribution in [2.45, 2.75) is 40.0 Å². The molecule has 5 rings (SSSR count). The summed E-state index contributed by atoms with van der Waals surface area (Å²) in [4.78, 5) is 9.68. The van der Waals surface area contributed by atoms with Crippen LogP contribution >= 0.6 is 11.3 Å². The van der Waals surface area contributed by atoms with Gasteiger partial charge in [-0.15, -0.1) is 11.3 Å². The van der Waals surface area contributed by atoms with Crippen LogP contribution in [0.2, 0.25) is 0 Å². The smallest absolute Gasteiger partial charge is 0.287 e. The summed E-state index contributed by atoms with van der Waals surface area (Å²) in [6.45, 7) is 8.89. The van der Waals surface area contributed by atoms with Crippen molar-refractivity contribution in [2.75, 3.05) is 0 Å². The fourth-order valence-electron chi connectivity index (χ4n) is 4.12. The first kappa shape index (κ1) is 16.6. The van der Waals surface area contributed by atoms with Crippen LogP contribution in [0, 0.1) is 13.8 Å². The SMILES string of the molecule is Cc1cc2nc3n(c2c(-c2c4scc(C(C)C)c4nc[n+]2C)c1C)C=CC3. The highest BCUT2D eigenvalue weighted by Crippen LogP contribution is 2.40. The van der Waals surface area contributed by atoms with Gasteiger partial charge in [0.2, 0.25) is 5.52 Å². The number of hydrogen-bond acceptors (Lipinski definition) is 3. The predicted molar refractivity (Wildman–Crippen MR) is 112 cm³/mol. The number of thiophene rings is 1. The number of rotatable bonds is 2. The number of allylic oxidation sites excluding steroid dienone is 1. The Bertz CT molecular complexity index is 1260. The van der Waals surface area contributed by atoms with E-state index in [1.807, 2.05) is 6.33 Å². The average Bonchev–Trinajstić information content (AvgIpc) is 3.31. The molecule has 0 fully saturated rings. The highest BCUT2D eigenvalue weighted by atomic mass is 32.1. The van der Waals surface area contributed by atoms with E-state index in [9.17, 15) is 0 Å². The van der Waals surface area contributed by atoms with Crippen LogP contribution in [0.4, 0.5) is 0 Å². The van der Waals surface area contributed by atoms with E-state index in [2.05, 4.69) is 67.6 Å². The van der Waals surface area contributed by atoms with Crippen molar-refractivity contribution in [3.05, 3.63) is 46.4 Å². The van der Waals surface area contributed by atoms with Crippen LogP contribution in [-0.2, 0) is 13.5 Å². The van der Waals surface area contributed by atoms with E-state index in [1.54, 1.807) is 11.3 Å². The number of aryl methyl sites for hydroxylation is 2. The van der Waals surface area contributed by atoms with Gasteiger partial charge in [-0.1, -0.05) is 19.9 Å². The molecule has 0 unspecified atom stereocenters. The third-order valence-electron chi connectivity index (χ3n) is 5.70. The van der Waals surface area contributed by atoms with Crippen molar-refractivity contribution in [3.63, 3.8) is 0 Å². The molecule has 3 aromatic heterocycles. The van der Waals surface area contributed by atoms with E-state index < -0.39 is 0 Å². The summed E-state index contributed by atoms with van der Waals surface area (Å²) in [5, 5.41) is 2.27. The van der Waals surface area contributed by atoms with E-state index in [0.717, 1.165) is 23.3 Å². The molecule has 5 heteroatoms. The second kappa shape index (κ2) is 5.73. The number of nitrogens with zero attached hydrogens (tertiary/aromatic N) is 4. The zero-order chi connectivity index (χ0) is 18.9. The van der Waals surface area contributed by atoms with Crippen molar-refractivity contribution in [2.24, 2.45) is 7.05 Å². The molecule has 0 saturated heterocycles. The quantitative estimate of drug-likeness (QED) is 0.467. The zero-order valence-electron chi connectivity index (χ0n) is 16.4. The minimum absolute atomic E-state index is 0.465. The van der Waals surface area contributed by atoms with Crippen LogP contribution < -0.4 is 4.57 Å². The molecular weight excluding hydrogens is 352 g/mol. The Morgan fingerprint density at radius 2 is 2.07 bits per heavy atom. The Kier molecular flexibility index (Phi) is 3.53. The molecule has 4 aromatic rings. The Hall–Kier alpha value is -2.53. The van der Waals surface area contributed by atoms with Crippen LogP contribution in [-0.4, -0.2) is 14.5 Å². The highest BCUT2D eigenvalue weighted by Gasteiger charge is 2.27. The van der Waals surface area contributed by atoms with Crippen molar-refractivity contribution < 1.29 is 4.57 Å². The van der Waals surface area contributed by atoms with Crippen LogP contribution in [0.15, 0.2) is 23.8 Å². The van der Waals surface area contributed by atoms with Gasteiger partial charge in [-0.05, 0) is 47.3 Å². The second-order valence-electron chi connectivity index (χ2n) is 7.78. The molecule has 1 aliphatic heterocycles. The normalized spacial score (nSPS) is 13.4. The molecule has 1 aliphatic rings. The molecule has 0 spiro atoms. The third kappa shape index (κ3) is 2.24. The lowest BCUT2D eigenvalue weighted by Gasteiger charge is -2.13. The van der Waals surface area contributed by atoms with Crippen LogP contribution in [0.25, 0.3) is 38.7 Å². The lowest BCUT2D eigenvalue weighted by atomic mass is 9.97. The summed E-state index contributed by atoms with van der Waals surface area (Å²) >= 11 is 1.81. The van der Waals surface area contributed by atoms with Gasteiger partial charge in [-0.25, -0.2) is 9.55 Å². The third-order valence-corrected chi connectivity index (χ3v) is 6.70. The predicted octanol–water partition coefficient (Wildman–Crippen LogP) is 4.90. The molecule has 0 saturated carbocycles. The minimum atomic E-state index is 0.465. The Morgan fingerprint density at radius 3 is 2.85 bits per heavy atom. The van der Waals surface area contributed by atoms with E-state index >= 15 is 0 Å². The number of benzene rings is 1. The van der Waals surface area contributed by atoms with Gasteiger partial charge >= 0.3 is 0 Å². The standard InChI is InChI=1S/C22H23N4S/c1-12(2)15-10-27-22-19(15)23-11-25(5)21(22)18-14(4)13(3)9-16-20(18)26-8-6-7-17(26)24-16/h6,8-12H,7H2,1-5H3/q+1. The van der Waals surface area contributed by atoms with E-state index in [0.29, 0.717) is 5.92 Å².